The number of hydrogen-bond donors (Lipinski definition) is 0. The number of rotatable bonds is 8. The van der Waals surface area contributed by atoms with Gasteiger partial charge >= 0.3 is 5.97 Å². The highest BCUT2D eigenvalue weighted by atomic mass is 79.9. The second-order valence-corrected chi connectivity index (χ2v) is 6.61. The zero-order valence-electron chi connectivity index (χ0n) is 14.9. The summed E-state index contributed by atoms with van der Waals surface area (Å²) in [6.45, 7) is 2.36. The Hall–Kier alpha value is -2.34. The minimum absolute atomic E-state index is 0.108. The number of ether oxygens (including phenoxy) is 2. The first-order valence-corrected chi connectivity index (χ1v) is 9.18. The summed E-state index contributed by atoms with van der Waals surface area (Å²) >= 11 is 3.38. The molecule has 0 atom stereocenters. The first-order chi connectivity index (χ1) is 12.5. The Morgan fingerprint density at radius 3 is 2.54 bits per heavy atom. The van der Waals surface area contributed by atoms with E-state index >= 15 is 0 Å². The molecule has 0 aliphatic rings. The molecule has 0 unspecified atom stereocenters. The molecule has 6 heteroatoms. The van der Waals surface area contributed by atoms with Crippen molar-refractivity contribution >= 4 is 27.8 Å². The van der Waals surface area contributed by atoms with Gasteiger partial charge in [-0.25, -0.2) is 0 Å². The number of nitrogens with zero attached hydrogens (tertiary/aromatic N) is 1. The lowest BCUT2D eigenvalue weighted by Crippen LogP contribution is -2.33. The number of esters is 1. The average molecular weight is 420 g/mol. The monoisotopic (exact) mass is 419 g/mol. The number of halogens is 1. The van der Waals surface area contributed by atoms with Gasteiger partial charge in [-0.3, -0.25) is 9.59 Å². The van der Waals surface area contributed by atoms with Crippen LogP contribution < -0.4 is 4.74 Å². The number of likely N-dealkylation sites (N-methyl/N-ethyl adjacent to an activating group) is 1. The van der Waals surface area contributed by atoms with Gasteiger partial charge in [0, 0.05) is 17.9 Å². The molecule has 0 saturated heterocycles. The van der Waals surface area contributed by atoms with Crippen LogP contribution >= 0.6 is 15.9 Å². The maximum Gasteiger partial charge on any atom is 0.325 e. The summed E-state index contributed by atoms with van der Waals surface area (Å²) in [5.41, 5.74) is 1.57. The number of hydrogen-bond acceptors (Lipinski definition) is 4. The molecule has 0 heterocycles. The number of amides is 1. The van der Waals surface area contributed by atoms with E-state index in [0.717, 1.165) is 16.5 Å². The quantitative estimate of drug-likeness (QED) is 0.612. The van der Waals surface area contributed by atoms with Gasteiger partial charge in [0.05, 0.1) is 18.8 Å². The van der Waals surface area contributed by atoms with Crippen molar-refractivity contribution in [2.24, 2.45) is 0 Å². The van der Waals surface area contributed by atoms with Crippen molar-refractivity contribution in [3.8, 4) is 5.75 Å². The van der Waals surface area contributed by atoms with Crippen molar-refractivity contribution in [1.29, 1.82) is 0 Å². The first-order valence-electron chi connectivity index (χ1n) is 8.38. The second-order valence-electron chi connectivity index (χ2n) is 5.69. The van der Waals surface area contributed by atoms with Crippen LogP contribution in [0.1, 0.15) is 22.8 Å². The van der Waals surface area contributed by atoms with Crippen LogP contribution in [-0.4, -0.2) is 43.6 Å². The van der Waals surface area contributed by atoms with Crippen LogP contribution in [0, 0.1) is 0 Å². The molecule has 2 aromatic rings. The summed E-state index contributed by atoms with van der Waals surface area (Å²) in [6, 6.07) is 15.3. The smallest absolute Gasteiger partial charge is 0.325 e. The minimum Gasteiger partial charge on any atom is -0.492 e. The normalized spacial score (nSPS) is 10.3. The molecule has 0 aliphatic heterocycles. The highest BCUT2D eigenvalue weighted by Gasteiger charge is 2.20. The van der Waals surface area contributed by atoms with E-state index in [1.165, 1.54) is 4.90 Å². The first kappa shape index (κ1) is 20.0. The van der Waals surface area contributed by atoms with Crippen LogP contribution in [0.4, 0.5) is 0 Å². The maximum absolute atomic E-state index is 12.7. The maximum atomic E-state index is 12.7. The summed E-state index contributed by atoms with van der Waals surface area (Å²) in [5.74, 6) is -0.246. The Bertz CT molecular complexity index is 749. The fraction of sp³-hybridized carbons (Fsp3) is 0.300. The summed E-state index contributed by atoms with van der Waals surface area (Å²) in [6.07, 6.45) is 0.739. The Labute approximate surface area is 162 Å². The van der Waals surface area contributed by atoms with Crippen molar-refractivity contribution < 1.29 is 19.1 Å². The van der Waals surface area contributed by atoms with Gasteiger partial charge < -0.3 is 14.4 Å². The van der Waals surface area contributed by atoms with E-state index in [4.69, 9.17) is 9.47 Å². The zero-order valence-corrected chi connectivity index (χ0v) is 16.5. The Balaban J connectivity index is 2.06. The lowest BCUT2D eigenvalue weighted by Gasteiger charge is -2.18. The Morgan fingerprint density at radius 2 is 1.85 bits per heavy atom. The lowest BCUT2D eigenvalue weighted by atomic mass is 10.1. The van der Waals surface area contributed by atoms with E-state index in [1.54, 1.807) is 26.1 Å². The van der Waals surface area contributed by atoms with Crippen LogP contribution in [0.5, 0.6) is 5.75 Å². The molecule has 0 saturated carbocycles. The molecule has 0 aromatic heterocycles. The standard InChI is InChI=1S/C20H22BrNO4/c1-3-25-19(23)14-22(2)20(24)17-13-16(21)9-10-18(17)26-12-11-15-7-5-4-6-8-15/h4-10,13H,3,11-12,14H2,1-2H3. The minimum atomic E-state index is -0.440. The highest BCUT2D eigenvalue weighted by molar-refractivity contribution is 9.10. The van der Waals surface area contributed by atoms with Crippen LogP contribution in [0.3, 0.4) is 0 Å². The van der Waals surface area contributed by atoms with Gasteiger partial charge in [-0.05, 0) is 30.7 Å². The van der Waals surface area contributed by atoms with Gasteiger partial charge in [-0.15, -0.1) is 0 Å². The predicted octanol–water partition coefficient (Wildman–Crippen LogP) is 3.71. The Kier molecular flexibility index (Phi) is 7.66. The molecule has 0 spiro atoms. The number of carbonyl (C=O) groups is 2. The fourth-order valence-electron chi connectivity index (χ4n) is 2.40. The van der Waals surface area contributed by atoms with Gasteiger partial charge in [0.15, 0.2) is 0 Å². The van der Waals surface area contributed by atoms with E-state index in [1.807, 2.05) is 36.4 Å². The van der Waals surface area contributed by atoms with Crippen LogP contribution in [0.25, 0.3) is 0 Å². The van der Waals surface area contributed by atoms with Crippen molar-refractivity contribution in [3.63, 3.8) is 0 Å². The fourth-order valence-corrected chi connectivity index (χ4v) is 2.76. The van der Waals surface area contributed by atoms with Gasteiger partial charge in [-0.2, -0.15) is 0 Å². The van der Waals surface area contributed by atoms with E-state index < -0.39 is 5.97 Å². The third-order valence-corrected chi connectivity index (χ3v) is 4.17. The molecule has 2 rings (SSSR count). The summed E-state index contributed by atoms with van der Waals surface area (Å²) < 4.78 is 11.5. The third-order valence-electron chi connectivity index (χ3n) is 3.68. The van der Waals surface area contributed by atoms with Crippen molar-refractivity contribution in [3.05, 3.63) is 64.1 Å². The van der Waals surface area contributed by atoms with Crippen molar-refractivity contribution in [1.82, 2.24) is 4.90 Å². The van der Waals surface area contributed by atoms with Crippen molar-refractivity contribution in [2.45, 2.75) is 13.3 Å². The van der Waals surface area contributed by atoms with E-state index in [2.05, 4.69) is 15.9 Å². The molecule has 0 aliphatic carbocycles. The van der Waals surface area contributed by atoms with Gasteiger partial charge in [0.1, 0.15) is 12.3 Å². The third kappa shape index (κ3) is 5.88. The zero-order chi connectivity index (χ0) is 18.9. The van der Waals surface area contributed by atoms with Crippen LogP contribution in [0.15, 0.2) is 53.0 Å². The number of carbonyl (C=O) groups excluding carboxylic acids is 2. The molecular weight excluding hydrogens is 398 g/mol. The van der Waals surface area contributed by atoms with E-state index in [9.17, 15) is 9.59 Å². The molecule has 26 heavy (non-hydrogen) atoms. The van der Waals surface area contributed by atoms with Crippen molar-refractivity contribution in [2.75, 3.05) is 26.8 Å². The molecule has 138 valence electrons. The summed E-state index contributed by atoms with van der Waals surface area (Å²) in [4.78, 5) is 25.6. The molecular formula is C20H22BrNO4. The average Bonchev–Trinajstić information content (AvgIpc) is 2.63. The number of benzene rings is 2. The van der Waals surface area contributed by atoms with E-state index in [0.29, 0.717) is 17.9 Å². The predicted molar refractivity (Wildman–Crippen MR) is 103 cm³/mol. The van der Waals surface area contributed by atoms with Gasteiger partial charge in [0.25, 0.3) is 5.91 Å². The highest BCUT2D eigenvalue weighted by Crippen LogP contribution is 2.25. The topological polar surface area (TPSA) is 55.8 Å². The molecule has 0 fully saturated rings. The second kappa shape index (κ2) is 9.97. The van der Waals surface area contributed by atoms with Gasteiger partial charge in [-0.1, -0.05) is 46.3 Å². The van der Waals surface area contributed by atoms with Crippen LogP contribution in [-0.2, 0) is 16.0 Å². The molecule has 0 N–H and O–H groups in total. The molecule has 0 bridgehead atoms. The van der Waals surface area contributed by atoms with Gasteiger partial charge in [0.2, 0.25) is 0 Å². The molecule has 1 amide bonds. The summed E-state index contributed by atoms with van der Waals surface area (Å²) in [5, 5.41) is 0. The van der Waals surface area contributed by atoms with Crippen LogP contribution in [0.2, 0.25) is 0 Å². The largest absolute Gasteiger partial charge is 0.492 e. The SMILES string of the molecule is CCOC(=O)CN(C)C(=O)c1cc(Br)ccc1OCCc1ccccc1. The Morgan fingerprint density at radius 1 is 1.12 bits per heavy atom. The summed E-state index contributed by atoms with van der Waals surface area (Å²) in [7, 11) is 1.56. The molecule has 2 aromatic carbocycles. The lowest BCUT2D eigenvalue weighted by molar-refractivity contribution is -0.143. The molecule has 0 radical (unpaired) electrons. The van der Waals surface area contributed by atoms with E-state index in [-0.39, 0.29) is 19.1 Å². The molecule has 5 nitrogen and oxygen atoms in total.